The molecule has 0 N–H and O–H groups in total. The van der Waals surface area contributed by atoms with Gasteiger partial charge in [0.25, 0.3) is 0 Å². The Kier molecular flexibility index (Phi) is 6.88. The molecule has 1 nitrogen and oxygen atoms in total. The van der Waals surface area contributed by atoms with Crippen molar-refractivity contribution in [1.29, 1.82) is 0 Å². The molecule has 4 heteroatoms. The Bertz CT molecular complexity index is 884. The maximum atomic E-state index is 4.96. The van der Waals surface area contributed by atoms with Gasteiger partial charge in [0.2, 0.25) is 0 Å². The molecule has 2 aromatic rings. The summed E-state index contributed by atoms with van der Waals surface area (Å²) in [7, 11) is 0. The fourth-order valence-electron chi connectivity index (χ4n) is 3.48. The monoisotopic (exact) mass is 553 g/mol. The Morgan fingerprint density at radius 1 is 1.11 bits per heavy atom. The van der Waals surface area contributed by atoms with Gasteiger partial charge in [-0.3, -0.25) is 4.99 Å². The van der Waals surface area contributed by atoms with Crippen LogP contribution in [0.25, 0.3) is 0 Å². The molecule has 0 saturated heterocycles. The number of halogens is 2. The number of nitrogens with zero attached hydrogens (tertiary/aromatic N) is 1. The molecule has 0 amide bonds. The maximum Gasteiger partial charge on any atom is 0.0541 e. The van der Waals surface area contributed by atoms with Gasteiger partial charge in [0.1, 0.15) is 0 Å². The number of hydrogen-bond acceptors (Lipinski definition) is 2. The van der Waals surface area contributed by atoms with E-state index in [0.29, 0.717) is 20.7 Å². The van der Waals surface area contributed by atoms with Crippen molar-refractivity contribution in [3.05, 3.63) is 63.1 Å². The standard InChI is InChI=1S/C23H25BrINS/c1-16-7-8-17(21-14-25-21)12-18(16)15-27-23-10-9-19(24)13-20(23)22-6-4-2-3-5-11-26-22/h7-10,12-14,21H,2-6,11,15H2,1H3/t21-/m0/s1. The molecule has 27 heavy (non-hydrogen) atoms. The van der Waals surface area contributed by atoms with Crippen LogP contribution in [0, 0.1) is 6.92 Å². The van der Waals surface area contributed by atoms with Crippen LogP contribution < -0.4 is 0 Å². The fourth-order valence-corrected chi connectivity index (χ4v) is 6.39. The number of alkyl halides is 1. The van der Waals surface area contributed by atoms with E-state index in [2.05, 4.69) is 63.3 Å². The molecule has 2 heterocycles. The smallest absolute Gasteiger partial charge is 0.0541 e. The zero-order chi connectivity index (χ0) is 18.6. The van der Waals surface area contributed by atoms with Crippen LogP contribution in [-0.4, -0.2) is 16.3 Å². The number of aryl methyl sites for hydroxylation is 1. The number of rotatable bonds is 5. The second-order valence-electron chi connectivity index (χ2n) is 7.26. The molecule has 1 atom stereocenters. The normalized spacial score (nSPS) is 19.6. The number of aliphatic imine (C=N–C) groups is 1. The largest absolute Gasteiger partial charge is 0.289 e. The molecule has 0 aromatic heterocycles. The van der Waals surface area contributed by atoms with Crippen molar-refractivity contribution in [2.75, 3.05) is 6.54 Å². The van der Waals surface area contributed by atoms with Crippen LogP contribution in [0.2, 0.25) is 0 Å². The van der Waals surface area contributed by atoms with E-state index in [1.54, 1.807) is 0 Å². The fraction of sp³-hybridized carbons (Fsp3) is 0.391. The van der Waals surface area contributed by atoms with Gasteiger partial charge in [-0.1, -0.05) is 47.0 Å². The first-order valence-electron chi connectivity index (χ1n) is 9.71. The Hall–Kier alpha value is -0.460. The van der Waals surface area contributed by atoms with Crippen molar-refractivity contribution in [1.82, 2.24) is 0 Å². The van der Waals surface area contributed by atoms with E-state index in [-0.39, 0.29) is 0 Å². The Morgan fingerprint density at radius 3 is 2.81 bits per heavy atom. The molecular weight excluding hydrogens is 529 g/mol. The van der Waals surface area contributed by atoms with E-state index in [1.165, 1.54) is 58.5 Å². The summed E-state index contributed by atoms with van der Waals surface area (Å²) in [5, 5.41) is 0. The van der Waals surface area contributed by atoms with Crippen molar-refractivity contribution < 1.29 is 0 Å². The second-order valence-corrected chi connectivity index (χ2v) is 12.0. The summed E-state index contributed by atoms with van der Waals surface area (Å²) in [6.45, 7) is 3.22. The molecule has 0 spiro atoms. The number of hydrogen-bond donors (Lipinski definition) is 0. The molecule has 2 aliphatic rings. The molecule has 0 unspecified atom stereocenters. The molecule has 2 aromatic carbocycles. The van der Waals surface area contributed by atoms with Gasteiger partial charge in [-0.25, -0.2) is 0 Å². The summed E-state index contributed by atoms with van der Waals surface area (Å²) < 4.78 is 4.46. The zero-order valence-electron chi connectivity index (χ0n) is 15.7. The Labute approximate surface area is 185 Å². The predicted octanol–water partition coefficient (Wildman–Crippen LogP) is 7.63. The lowest BCUT2D eigenvalue weighted by molar-refractivity contribution is 0.644. The average molecular weight is 554 g/mol. The SMILES string of the molecule is Cc1ccc([C@@H]2C=I2)cc1CSc1ccc(Br)cc1C1=NCCCCCC1. The van der Waals surface area contributed by atoms with E-state index < -0.39 is 0 Å². The van der Waals surface area contributed by atoms with Gasteiger partial charge in [-0.15, -0.1) is 32.5 Å². The number of benzene rings is 2. The highest BCUT2D eigenvalue weighted by molar-refractivity contribution is 14.2. The molecular formula is C23H25BrINS. The molecule has 4 rings (SSSR count). The van der Waals surface area contributed by atoms with Gasteiger partial charge in [0, 0.05) is 32.9 Å². The first-order chi connectivity index (χ1) is 13.2. The van der Waals surface area contributed by atoms with Crippen LogP contribution in [0.1, 0.15) is 58.3 Å². The number of thioether (sulfide) groups is 1. The predicted molar refractivity (Wildman–Crippen MR) is 132 cm³/mol. The van der Waals surface area contributed by atoms with Crippen LogP contribution in [0.4, 0.5) is 0 Å². The van der Waals surface area contributed by atoms with Crippen molar-refractivity contribution in [2.45, 2.75) is 53.6 Å². The molecule has 0 radical (unpaired) electrons. The van der Waals surface area contributed by atoms with Crippen molar-refractivity contribution >= 4 is 58.1 Å². The lowest BCUT2D eigenvalue weighted by Crippen LogP contribution is -2.07. The van der Waals surface area contributed by atoms with Crippen LogP contribution in [0.3, 0.4) is 0 Å². The lowest BCUT2D eigenvalue weighted by Gasteiger charge is -2.16. The average Bonchev–Trinajstić information content (AvgIpc) is 3.47. The highest BCUT2D eigenvalue weighted by Crippen LogP contribution is 2.40. The van der Waals surface area contributed by atoms with Crippen molar-refractivity contribution in [2.24, 2.45) is 4.99 Å². The Morgan fingerprint density at radius 2 is 1.96 bits per heavy atom. The van der Waals surface area contributed by atoms with Gasteiger partial charge >= 0.3 is 0 Å². The van der Waals surface area contributed by atoms with E-state index in [9.17, 15) is 0 Å². The van der Waals surface area contributed by atoms with Gasteiger partial charge < -0.3 is 0 Å². The van der Waals surface area contributed by atoms with Crippen molar-refractivity contribution in [3.8, 4) is 0 Å². The summed E-state index contributed by atoms with van der Waals surface area (Å²) >= 11 is 5.98. The topological polar surface area (TPSA) is 12.4 Å². The molecule has 0 aliphatic carbocycles. The minimum absolute atomic E-state index is 0.342. The molecule has 0 bridgehead atoms. The van der Waals surface area contributed by atoms with Gasteiger partial charge in [0.15, 0.2) is 0 Å². The summed E-state index contributed by atoms with van der Waals surface area (Å²) in [6, 6.07) is 13.8. The van der Waals surface area contributed by atoms with E-state index in [0.717, 1.165) is 27.1 Å². The van der Waals surface area contributed by atoms with Gasteiger partial charge in [-0.2, -0.15) is 0 Å². The third-order valence-corrected chi connectivity index (χ3v) is 8.98. The Balaban J connectivity index is 1.56. The van der Waals surface area contributed by atoms with Crippen LogP contribution in [0.5, 0.6) is 0 Å². The summed E-state index contributed by atoms with van der Waals surface area (Å²) in [5.41, 5.74) is 7.07. The third-order valence-electron chi connectivity index (χ3n) is 5.20. The van der Waals surface area contributed by atoms with E-state index in [1.807, 2.05) is 11.8 Å². The maximum absolute atomic E-state index is 4.96. The minimum Gasteiger partial charge on any atom is -0.289 e. The van der Waals surface area contributed by atoms with Gasteiger partial charge in [0.05, 0.1) is 3.92 Å². The first-order valence-corrected chi connectivity index (χ1v) is 14.0. The summed E-state index contributed by atoms with van der Waals surface area (Å²) in [4.78, 5) is 6.32. The minimum atomic E-state index is 0.342. The second kappa shape index (κ2) is 9.36. The quantitative estimate of drug-likeness (QED) is 0.210. The van der Waals surface area contributed by atoms with Crippen molar-refractivity contribution in [3.63, 3.8) is 0 Å². The van der Waals surface area contributed by atoms with Crippen LogP contribution in [0.15, 0.2) is 50.8 Å². The highest BCUT2D eigenvalue weighted by atomic mass is 127. The molecule has 0 fully saturated rings. The molecule has 142 valence electrons. The zero-order valence-corrected chi connectivity index (χ0v) is 20.2. The van der Waals surface area contributed by atoms with E-state index in [4.69, 9.17) is 4.99 Å². The van der Waals surface area contributed by atoms with Gasteiger partial charge in [-0.05, 0) is 65.1 Å². The third kappa shape index (κ3) is 5.33. The lowest BCUT2D eigenvalue weighted by atomic mass is 10.0. The van der Waals surface area contributed by atoms with E-state index >= 15 is 0 Å². The molecule has 0 saturated carbocycles. The first kappa shape index (κ1) is 19.8. The summed E-state index contributed by atoms with van der Waals surface area (Å²) in [5.74, 6) is 1.03. The summed E-state index contributed by atoms with van der Waals surface area (Å²) in [6.07, 6.45) is 6.26. The van der Waals surface area contributed by atoms with Crippen LogP contribution in [-0.2, 0) is 5.75 Å². The molecule has 2 aliphatic heterocycles. The highest BCUT2D eigenvalue weighted by Gasteiger charge is 2.17. The van der Waals surface area contributed by atoms with Crippen LogP contribution >= 0.6 is 48.4 Å².